The minimum atomic E-state index is 0.291. The van der Waals surface area contributed by atoms with Crippen LogP contribution in [0.2, 0.25) is 0 Å². The molecule has 0 fully saturated rings. The van der Waals surface area contributed by atoms with Gasteiger partial charge in [-0.15, -0.1) is 0 Å². The number of aromatic nitrogens is 1. The Balaban J connectivity index is 1.57. The molecule has 0 bridgehead atoms. The van der Waals surface area contributed by atoms with Crippen molar-refractivity contribution in [2.45, 2.75) is 45.6 Å². The van der Waals surface area contributed by atoms with Gasteiger partial charge in [0.1, 0.15) is 5.75 Å². The highest BCUT2D eigenvalue weighted by Gasteiger charge is 2.32. The topological polar surface area (TPSA) is 43.6 Å². The number of hydrogen-bond donors (Lipinski definition) is 1. The second-order valence-electron chi connectivity index (χ2n) is 9.66. The van der Waals surface area contributed by atoms with Crippen molar-refractivity contribution < 1.29 is 18.8 Å². The number of unbranched alkanes of at least 4 members (excludes halogenated alkanes) is 2. The molecule has 36 heavy (non-hydrogen) atoms. The van der Waals surface area contributed by atoms with Crippen LogP contribution in [0.3, 0.4) is 0 Å². The van der Waals surface area contributed by atoms with Crippen molar-refractivity contribution in [2.75, 3.05) is 25.8 Å². The van der Waals surface area contributed by atoms with E-state index < -0.39 is 0 Å². The molecule has 0 saturated heterocycles. The molecule has 0 radical (unpaired) electrons. The second kappa shape index (κ2) is 9.73. The Morgan fingerprint density at radius 2 is 1.81 bits per heavy atom. The molecule has 3 aromatic carbocycles. The molecule has 4 aromatic rings. The van der Waals surface area contributed by atoms with Gasteiger partial charge < -0.3 is 19.5 Å². The molecule has 184 valence electrons. The highest BCUT2D eigenvalue weighted by atomic mass is 16.7. The third kappa shape index (κ3) is 4.02. The minimum absolute atomic E-state index is 0.291. The fourth-order valence-corrected chi connectivity index (χ4v) is 5.58. The number of rotatable bonds is 8. The fraction of sp³-hybridized carbons (Fsp3) is 0.323. The van der Waals surface area contributed by atoms with Crippen molar-refractivity contribution in [3.63, 3.8) is 0 Å². The molecule has 0 saturated carbocycles. The summed E-state index contributed by atoms with van der Waals surface area (Å²) < 4.78 is 19.7. The van der Waals surface area contributed by atoms with Gasteiger partial charge in [0, 0.05) is 30.3 Å². The van der Waals surface area contributed by atoms with Crippen molar-refractivity contribution in [1.82, 2.24) is 0 Å². The van der Waals surface area contributed by atoms with Gasteiger partial charge in [0.15, 0.2) is 24.2 Å². The summed E-state index contributed by atoms with van der Waals surface area (Å²) in [5, 5.41) is 6.19. The van der Waals surface area contributed by atoms with Crippen molar-refractivity contribution in [2.24, 2.45) is 0 Å². The summed E-state index contributed by atoms with van der Waals surface area (Å²) in [6, 6.07) is 19.4. The summed E-state index contributed by atoms with van der Waals surface area (Å²) in [4.78, 5) is 0. The van der Waals surface area contributed by atoms with E-state index >= 15 is 0 Å². The van der Waals surface area contributed by atoms with E-state index in [1.165, 1.54) is 51.6 Å². The lowest BCUT2D eigenvalue weighted by Crippen LogP contribution is -2.41. The van der Waals surface area contributed by atoms with E-state index in [-0.39, 0.29) is 0 Å². The Bertz CT molecular complexity index is 1420. The number of nitrogens with one attached hydrogen (secondary N) is 1. The molecular weight excluding hydrogens is 448 g/mol. The molecule has 3 heterocycles. The highest BCUT2D eigenvalue weighted by Crippen LogP contribution is 2.43. The van der Waals surface area contributed by atoms with Crippen molar-refractivity contribution in [1.29, 1.82) is 0 Å². The lowest BCUT2D eigenvalue weighted by Gasteiger charge is -2.22. The number of aryl methyl sites for hydroxylation is 2. The number of anilines is 1. The van der Waals surface area contributed by atoms with Crippen LogP contribution in [0.5, 0.6) is 17.2 Å². The van der Waals surface area contributed by atoms with E-state index in [0.29, 0.717) is 6.79 Å². The first-order valence-corrected chi connectivity index (χ1v) is 13.0. The van der Waals surface area contributed by atoms with Crippen LogP contribution in [0.25, 0.3) is 22.0 Å². The number of pyridine rings is 1. The Morgan fingerprint density at radius 1 is 0.972 bits per heavy atom. The van der Waals surface area contributed by atoms with Crippen LogP contribution in [0.15, 0.2) is 60.8 Å². The van der Waals surface area contributed by atoms with Crippen molar-refractivity contribution in [3.05, 3.63) is 77.5 Å². The van der Waals surface area contributed by atoms with E-state index in [4.69, 9.17) is 14.2 Å². The number of ether oxygens (including phenoxy) is 3. The van der Waals surface area contributed by atoms with Crippen molar-refractivity contribution in [3.8, 4) is 28.5 Å². The van der Waals surface area contributed by atoms with E-state index in [9.17, 15) is 0 Å². The molecule has 1 aromatic heterocycles. The first-order valence-electron chi connectivity index (χ1n) is 13.0. The van der Waals surface area contributed by atoms with Gasteiger partial charge in [-0.05, 0) is 41.8 Å². The quantitative estimate of drug-likeness (QED) is 0.238. The molecule has 0 unspecified atom stereocenters. The van der Waals surface area contributed by atoms with E-state index in [0.717, 1.165) is 55.3 Å². The lowest BCUT2D eigenvalue weighted by molar-refractivity contribution is -0.686. The summed E-state index contributed by atoms with van der Waals surface area (Å²) in [5.74, 6) is 2.58. The van der Waals surface area contributed by atoms with E-state index in [1.54, 1.807) is 7.11 Å². The van der Waals surface area contributed by atoms with Crippen LogP contribution >= 0.6 is 0 Å². The SMILES string of the molecule is CCCCCNc1c(OC)ccc2c(Cc3ccccc3)c3[n+](cc12)CCc1cc2c(cc1-3)OCO2. The maximum Gasteiger partial charge on any atom is 0.231 e. The minimum Gasteiger partial charge on any atom is -0.495 e. The third-order valence-corrected chi connectivity index (χ3v) is 7.39. The van der Waals surface area contributed by atoms with E-state index in [1.807, 2.05) is 0 Å². The van der Waals surface area contributed by atoms with E-state index in [2.05, 4.69) is 77.6 Å². The lowest BCUT2D eigenvalue weighted by atomic mass is 9.88. The first kappa shape index (κ1) is 22.7. The number of methoxy groups -OCH3 is 1. The smallest absolute Gasteiger partial charge is 0.231 e. The van der Waals surface area contributed by atoms with Crippen LogP contribution in [0, 0.1) is 0 Å². The van der Waals surface area contributed by atoms with Gasteiger partial charge in [0.25, 0.3) is 0 Å². The molecule has 0 amide bonds. The van der Waals surface area contributed by atoms with Crippen LogP contribution < -0.4 is 24.1 Å². The molecule has 5 nitrogen and oxygen atoms in total. The van der Waals surface area contributed by atoms with Gasteiger partial charge in [-0.3, -0.25) is 0 Å². The molecular formula is C31H33N2O3+. The first-order chi connectivity index (χ1) is 17.8. The predicted molar refractivity (Wildman–Crippen MR) is 143 cm³/mol. The molecule has 2 aliphatic rings. The fourth-order valence-electron chi connectivity index (χ4n) is 5.58. The molecule has 5 heteroatoms. The Labute approximate surface area is 212 Å². The summed E-state index contributed by atoms with van der Waals surface area (Å²) in [5.41, 5.74) is 7.55. The van der Waals surface area contributed by atoms with Gasteiger partial charge in [0.05, 0.1) is 23.7 Å². The molecule has 2 aliphatic heterocycles. The standard InChI is InChI=1S/C31H32N2O3/c1-3-4-8-14-32-30-26-19-33-15-13-22-17-28-29(36-20-35-28)18-24(22)31(33)25(16-21-9-6-5-7-10-21)23(26)11-12-27(30)34-2/h5-7,9-12,17-19H,3-4,8,13-16,20H2,1-2H3/p+1. The number of fused-ring (bicyclic) bond motifs is 5. The maximum atomic E-state index is 5.82. The Kier molecular flexibility index (Phi) is 6.14. The van der Waals surface area contributed by atoms with Gasteiger partial charge in [-0.1, -0.05) is 50.1 Å². The normalized spacial score (nSPS) is 13.4. The Hall–Kier alpha value is -3.73. The zero-order chi connectivity index (χ0) is 24.5. The average Bonchev–Trinajstić information content (AvgIpc) is 3.37. The summed E-state index contributed by atoms with van der Waals surface area (Å²) in [6.07, 6.45) is 7.70. The molecule has 0 aliphatic carbocycles. The van der Waals surface area contributed by atoms with Crippen molar-refractivity contribution >= 4 is 16.5 Å². The number of nitrogens with zero attached hydrogens (tertiary/aromatic N) is 1. The van der Waals surface area contributed by atoms with Crippen LogP contribution in [0.1, 0.15) is 42.9 Å². The summed E-state index contributed by atoms with van der Waals surface area (Å²) >= 11 is 0. The summed E-state index contributed by atoms with van der Waals surface area (Å²) in [6.45, 7) is 4.39. The van der Waals surface area contributed by atoms with Crippen LogP contribution in [-0.2, 0) is 19.4 Å². The molecule has 1 N–H and O–H groups in total. The zero-order valence-corrected chi connectivity index (χ0v) is 21.1. The van der Waals surface area contributed by atoms with Gasteiger partial charge in [-0.2, -0.15) is 4.57 Å². The highest BCUT2D eigenvalue weighted by molar-refractivity contribution is 6.00. The second-order valence-corrected chi connectivity index (χ2v) is 9.66. The summed E-state index contributed by atoms with van der Waals surface area (Å²) in [7, 11) is 1.76. The largest absolute Gasteiger partial charge is 0.495 e. The van der Waals surface area contributed by atoms with Crippen LogP contribution in [-0.4, -0.2) is 20.4 Å². The molecule has 6 rings (SSSR count). The van der Waals surface area contributed by atoms with Gasteiger partial charge in [-0.25, -0.2) is 0 Å². The van der Waals surface area contributed by atoms with Crippen LogP contribution in [0.4, 0.5) is 5.69 Å². The number of hydrogen-bond acceptors (Lipinski definition) is 4. The molecule has 0 atom stereocenters. The van der Waals surface area contributed by atoms with Gasteiger partial charge >= 0.3 is 0 Å². The molecule has 0 spiro atoms. The van der Waals surface area contributed by atoms with Gasteiger partial charge in [0.2, 0.25) is 12.5 Å². The number of benzene rings is 3. The third-order valence-electron chi connectivity index (χ3n) is 7.39. The monoisotopic (exact) mass is 481 g/mol. The average molecular weight is 482 g/mol. The maximum absolute atomic E-state index is 5.82. The Morgan fingerprint density at radius 3 is 2.61 bits per heavy atom. The predicted octanol–water partition coefficient (Wildman–Crippen LogP) is 6.28. The zero-order valence-electron chi connectivity index (χ0n) is 21.1.